The fourth-order valence-electron chi connectivity index (χ4n) is 4.40. The number of carbonyl (C=O) groups excluding carboxylic acids is 1. The first-order valence-electron chi connectivity index (χ1n) is 9.61. The van der Waals surface area contributed by atoms with Gasteiger partial charge in [0, 0.05) is 11.6 Å². The largest absolute Gasteiger partial charge is 0.441 e. The molecule has 28 heavy (non-hydrogen) atoms. The number of nitrogens with one attached hydrogen (secondary N) is 1. The lowest BCUT2D eigenvalue weighted by Crippen LogP contribution is -2.38. The molecule has 1 aliphatic heterocycles. The number of amides is 1. The van der Waals surface area contributed by atoms with Crippen LogP contribution in [0.15, 0.2) is 48.5 Å². The van der Waals surface area contributed by atoms with Crippen LogP contribution in [0.25, 0.3) is 11.0 Å². The summed E-state index contributed by atoms with van der Waals surface area (Å²) in [6, 6.07) is 17.4. The van der Waals surface area contributed by atoms with Crippen molar-refractivity contribution in [3.8, 4) is 6.07 Å². The highest BCUT2D eigenvalue weighted by Crippen LogP contribution is 2.43. The molecule has 3 aromatic rings. The maximum absolute atomic E-state index is 12.4. The number of carbonyl (C=O) groups is 1. The topological polar surface area (TPSA) is 82.0 Å². The monoisotopic (exact) mass is 372 g/mol. The van der Waals surface area contributed by atoms with Crippen LogP contribution in [0.4, 0.5) is 10.5 Å². The molecule has 1 saturated carbocycles. The normalized spacial score (nSPS) is 24.5. The number of anilines is 1. The second-order valence-corrected chi connectivity index (χ2v) is 7.71. The smallest absolute Gasteiger partial charge is 0.415 e. The van der Waals surface area contributed by atoms with Crippen LogP contribution >= 0.6 is 0 Å². The molecule has 2 aromatic carbocycles. The van der Waals surface area contributed by atoms with Crippen molar-refractivity contribution in [2.24, 2.45) is 0 Å². The molecule has 0 atom stereocenters. The Hall–Kier alpha value is -3.33. The number of para-hydroxylation sites is 1. The lowest BCUT2D eigenvalue weighted by atomic mass is 9.78. The molecular formula is C22H20N4O2. The lowest BCUT2D eigenvalue weighted by Gasteiger charge is -2.34. The van der Waals surface area contributed by atoms with Gasteiger partial charge in [-0.25, -0.2) is 9.78 Å². The Morgan fingerprint density at radius 1 is 1.18 bits per heavy atom. The van der Waals surface area contributed by atoms with Gasteiger partial charge in [-0.1, -0.05) is 18.2 Å². The highest BCUT2D eigenvalue weighted by molar-refractivity contribution is 5.90. The number of imidazole rings is 1. The third-order valence-corrected chi connectivity index (χ3v) is 5.95. The lowest BCUT2D eigenvalue weighted by molar-refractivity contribution is 0.0208. The fourth-order valence-corrected chi connectivity index (χ4v) is 4.40. The molecule has 1 saturated heterocycles. The van der Waals surface area contributed by atoms with Gasteiger partial charge in [0.05, 0.1) is 29.2 Å². The summed E-state index contributed by atoms with van der Waals surface area (Å²) < 4.78 is 5.85. The molecular weight excluding hydrogens is 352 g/mol. The molecule has 1 aromatic heterocycles. The van der Waals surface area contributed by atoms with E-state index < -0.39 is 5.60 Å². The highest BCUT2D eigenvalue weighted by Gasteiger charge is 2.48. The minimum Gasteiger partial charge on any atom is -0.441 e. The minimum absolute atomic E-state index is 0.252. The van der Waals surface area contributed by atoms with Gasteiger partial charge < -0.3 is 9.72 Å². The van der Waals surface area contributed by atoms with E-state index in [0.717, 1.165) is 48.2 Å². The molecule has 1 aliphatic carbocycles. The summed E-state index contributed by atoms with van der Waals surface area (Å²) in [5.74, 6) is 1.28. The fraction of sp³-hybridized carbons (Fsp3) is 0.318. The molecule has 140 valence electrons. The number of nitrogens with zero attached hydrogens (tertiary/aromatic N) is 3. The maximum Gasteiger partial charge on any atom is 0.415 e. The van der Waals surface area contributed by atoms with Crippen LogP contribution in [0, 0.1) is 11.3 Å². The number of fused-ring (bicyclic) bond motifs is 1. The number of H-pyrrole nitrogens is 1. The highest BCUT2D eigenvalue weighted by atomic mass is 16.6. The van der Waals surface area contributed by atoms with E-state index >= 15 is 0 Å². The summed E-state index contributed by atoms with van der Waals surface area (Å²) in [6.45, 7) is 0.605. The van der Waals surface area contributed by atoms with E-state index in [1.807, 2.05) is 42.5 Å². The number of aromatic amines is 1. The Bertz CT molecular complexity index is 1070. The van der Waals surface area contributed by atoms with Gasteiger partial charge in [-0.15, -0.1) is 0 Å². The zero-order valence-electron chi connectivity index (χ0n) is 15.4. The van der Waals surface area contributed by atoms with Crippen LogP contribution in [0.2, 0.25) is 0 Å². The van der Waals surface area contributed by atoms with Crippen LogP contribution in [0.3, 0.4) is 0 Å². The van der Waals surface area contributed by atoms with Crippen molar-refractivity contribution in [2.75, 3.05) is 11.4 Å². The molecule has 6 nitrogen and oxygen atoms in total. The molecule has 1 N–H and O–H groups in total. The van der Waals surface area contributed by atoms with Crippen molar-refractivity contribution in [3.05, 3.63) is 59.9 Å². The third kappa shape index (κ3) is 2.80. The predicted octanol–water partition coefficient (Wildman–Crippen LogP) is 4.49. The zero-order valence-corrected chi connectivity index (χ0v) is 15.4. The van der Waals surface area contributed by atoms with Crippen molar-refractivity contribution < 1.29 is 9.53 Å². The molecule has 0 bridgehead atoms. The predicted molar refractivity (Wildman–Crippen MR) is 105 cm³/mol. The molecule has 6 heteroatoms. The first kappa shape index (κ1) is 16.8. The van der Waals surface area contributed by atoms with E-state index in [9.17, 15) is 4.79 Å². The first-order valence-corrected chi connectivity index (χ1v) is 9.61. The van der Waals surface area contributed by atoms with Crippen molar-refractivity contribution in [1.82, 2.24) is 9.97 Å². The van der Waals surface area contributed by atoms with Crippen LogP contribution < -0.4 is 4.90 Å². The summed E-state index contributed by atoms with van der Waals surface area (Å²) >= 11 is 0. The summed E-state index contributed by atoms with van der Waals surface area (Å²) in [5.41, 5.74) is 2.89. The van der Waals surface area contributed by atoms with Gasteiger partial charge in [-0.3, -0.25) is 4.90 Å². The summed E-state index contributed by atoms with van der Waals surface area (Å²) in [6.07, 6.45) is 3.24. The molecule has 2 heterocycles. The Kier molecular flexibility index (Phi) is 3.83. The number of aromatic nitrogens is 2. The van der Waals surface area contributed by atoms with Crippen molar-refractivity contribution in [2.45, 2.75) is 37.2 Å². The van der Waals surface area contributed by atoms with E-state index in [0.29, 0.717) is 18.0 Å². The SMILES string of the molecule is N#Cc1ccc2[nH]c(C3CCC4(CC3)CN(c3ccccc3)C(=O)O4)nc2c1. The molecule has 2 aliphatic rings. The van der Waals surface area contributed by atoms with Crippen molar-refractivity contribution >= 4 is 22.8 Å². The summed E-state index contributed by atoms with van der Waals surface area (Å²) in [4.78, 5) is 22.3. The average molecular weight is 372 g/mol. The van der Waals surface area contributed by atoms with Gasteiger partial charge in [-0.05, 0) is 56.0 Å². The Labute approximate surface area is 162 Å². The number of nitriles is 1. The molecule has 5 rings (SSSR count). The van der Waals surface area contributed by atoms with Gasteiger partial charge in [0.25, 0.3) is 0 Å². The Morgan fingerprint density at radius 2 is 1.96 bits per heavy atom. The second kappa shape index (κ2) is 6.38. The number of rotatable bonds is 2. The Balaban J connectivity index is 1.31. The standard InChI is InChI=1S/C22H20N4O2/c23-13-15-6-7-18-19(12-15)25-20(24-18)16-8-10-22(11-9-16)14-26(21(27)28-22)17-4-2-1-3-5-17/h1-7,12,16H,8-11,14H2,(H,24,25). The average Bonchev–Trinajstić information content (AvgIpc) is 3.29. The van der Waals surface area contributed by atoms with Gasteiger partial charge >= 0.3 is 6.09 Å². The number of benzene rings is 2. The van der Waals surface area contributed by atoms with E-state index in [-0.39, 0.29) is 6.09 Å². The van der Waals surface area contributed by atoms with Gasteiger partial charge in [-0.2, -0.15) is 5.26 Å². The summed E-state index contributed by atoms with van der Waals surface area (Å²) in [7, 11) is 0. The molecule has 0 radical (unpaired) electrons. The quantitative estimate of drug-likeness (QED) is 0.719. The summed E-state index contributed by atoms with van der Waals surface area (Å²) in [5, 5.41) is 9.06. The molecule has 1 amide bonds. The molecule has 2 fully saturated rings. The van der Waals surface area contributed by atoms with Crippen LogP contribution in [0.5, 0.6) is 0 Å². The zero-order chi connectivity index (χ0) is 19.1. The number of hydrogen-bond acceptors (Lipinski definition) is 4. The van der Waals surface area contributed by atoms with E-state index in [1.165, 1.54) is 0 Å². The van der Waals surface area contributed by atoms with Gasteiger partial charge in [0.15, 0.2) is 0 Å². The van der Waals surface area contributed by atoms with Crippen LogP contribution in [-0.4, -0.2) is 28.2 Å². The maximum atomic E-state index is 12.4. The van der Waals surface area contributed by atoms with E-state index in [4.69, 9.17) is 15.0 Å². The minimum atomic E-state index is -0.399. The van der Waals surface area contributed by atoms with E-state index in [1.54, 1.807) is 11.0 Å². The Morgan fingerprint density at radius 3 is 2.71 bits per heavy atom. The van der Waals surface area contributed by atoms with Crippen LogP contribution in [-0.2, 0) is 4.74 Å². The third-order valence-electron chi connectivity index (χ3n) is 5.95. The number of hydrogen-bond donors (Lipinski definition) is 1. The van der Waals surface area contributed by atoms with Crippen molar-refractivity contribution in [3.63, 3.8) is 0 Å². The molecule has 1 spiro atoms. The second-order valence-electron chi connectivity index (χ2n) is 7.71. The van der Waals surface area contributed by atoms with Crippen molar-refractivity contribution in [1.29, 1.82) is 5.26 Å². The van der Waals surface area contributed by atoms with Crippen LogP contribution in [0.1, 0.15) is 43.0 Å². The van der Waals surface area contributed by atoms with Gasteiger partial charge in [0.1, 0.15) is 11.4 Å². The first-order chi connectivity index (χ1) is 13.7. The molecule has 0 unspecified atom stereocenters. The van der Waals surface area contributed by atoms with E-state index in [2.05, 4.69) is 11.1 Å². The van der Waals surface area contributed by atoms with Gasteiger partial charge in [0.2, 0.25) is 0 Å². The number of ether oxygens (including phenoxy) is 1.